The first-order valence-electron chi connectivity index (χ1n) is 15.3. The molecule has 0 radical (unpaired) electrons. The number of fused-ring (bicyclic) bond motifs is 4. The topological polar surface area (TPSA) is 68.5 Å². The van der Waals surface area contributed by atoms with Gasteiger partial charge in [0.05, 0.1) is 28.0 Å². The normalized spacial score (nSPS) is 27.3. The number of para-hydroxylation sites is 1. The average Bonchev–Trinajstić information content (AvgIpc) is 3.52. The Morgan fingerprint density at radius 3 is 1.74 bits per heavy atom. The number of benzene rings is 3. The number of hydrogen-bond acceptors (Lipinski definition) is 7. The van der Waals surface area contributed by atoms with Crippen LogP contribution in [-0.2, 0) is 33.5 Å². The Balaban J connectivity index is 1.28. The fourth-order valence-electron chi connectivity index (χ4n) is 6.36. The van der Waals surface area contributed by atoms with Crippen LogP contribution in [-0.4, -0.2) is 49.1 Å². The van der Waals surface area contributed by atoms with E-state index in [-0.39, 0.29) is 0 Å². The van der Waals surface area contributed by atoms with E-state index in [1.165, 1.54) is 0 Å². The Morgan fingerprint density at radius 1 is 0.512 bits per heavy atom. The van der Waals surface area contributed by atoms with Gasteiger partial charge in [-0.3, -0.25) is 0 Å². The quantitative estimate of drug-likeness (QED) is 0.248. The largest absolute Gasteiger partial charge is 0.494 e. The van der Waals surface area contributed by atoms with Gasteiger partial charge in [-0.15, -0.1) is 0 Å². The molecule has 4 aromatic rings. The fourth-order valence-corrected chi connectivity index (χ4v) is 6.36. The molecule has 1 unspecified atom stereocenters. The predicted molar refractivity (Wildman–Crippen MR) is 172 cm³/mol. The van der Waals surface area contributed by atoms with Gasteiger partial charge in [-0.05, 0) is 105 Å². The van der Waals surface area contributed by atoms with Crippen molar-refractivity contribution in [1.29, 1.82) is 0 Å². The smallest absolute Gasteiger partial charge is 0.456 e. The second kappa shape index (κ2) is 8.90. The minimum Gasteiger partial charge on any atom is -0.456 e. The summed E-state index contributed by atoms with van der Waals surface area (Å²) in [5, 5.41) is 4.25. The van der Waals surface area contributed by atoms with Crippen molar-refractivity contribution in [3.8, 4) is 0 Å². The van der Waals surface area contributed by atoms with E-state index < -0.39 is 54.7 Å². The van der Waals surface area contributed by atoms with E-state index in [1.54, 1.807) is 0 Å². The summed E-state index contributed by atoms with van der Waals surface area (Å²) < 4.78 is 45.2. The van der Waals surface area contributed by atoms with Crippen LogP contribution in [0.25, 0.3) is 32.7 Å². The van der Waals surface area contributed by atoms with Crippen LogP contribution in [0, 0.1) is 0 Å². The second-order valence-corrected chi connectivity index (χ2v) is 15.1. The molecule has 0 saturated carbocycles. The maximum absolute atomic E-state index is 6.75. The molecule has 0 amide bonds. The highest BCUT2D eigenvalue weighted by molar-refractivity contribution is 7.11. The summed E-state index contributed by atoms with van der Waals surface area (Å²) in [4.78, 5) is 0. The lowest BCUT2D eigenvalue weighted by molar-refractivity contribution is -0.0128. The molecule has 43 heavy (non-hydrogen) atoms. The summed E-state index contributed by atoms with van der Waals surface area (Å²) in [6.07, 6.45) is 0. The predicted octanol–water partition coefficient (Wildman–Crippen LogP) is 6.74. The van der Waals surface area contributed by atoms with Crippen LogP contribution in [0.1, 0.15) is 81.7 Å². The lowest BCUT2D eigenvalue weighted by atomic mass is 9.49. The number of rotatable bonds is 3. The molecule has 0 aliphatic carbocycles. The molecule has 1 aromatic heterocycles. The van der Waals surface area contributed by atoms with Gasteiger partial charge in [0.1, 0.15) is 16.8 Å². The van der Waals surface area contributed by atoms with Gasteiger partial charge in [-0.2, -0.15) is 0 Å². The van der Waals surface area contributed by atoms with Gasteiger partial charge < -0.3 is 32.3 Å². The van der Waals surface area contributed by atoms with Crippen molar-refractivity contribution in [2.45, 2.75) is 110 Å². The van der Waals surface area contributed by atoms with Crippen molar-refractivity contribution in [2.24, 2.45) is 0 Å². The Labute approximate surface area is 255 Å². The summed E-state index contributed by atoms with van der Waals surface area (Å²) in [7, 11) is -1.77. The van der Waals surface area contributed by atoms with Crippen LogP contribution in [0.15, 0.2) is 52.9 Å². The van der Waals surface area contributed by atoms with E-state index in [1.807, 2.05) is 41.5 Å². The van der Waals surface area contributed by atoms with Crippen molar-refractivity contribution in [2.75, 3.05) is 0 Å². The van der Waals surface area contributed by atoms with Gasteiger partial charge in [0.2, 0.25) is 0 Å². The first-order chi connectivity index (χ1) is 19.8. The number of furan rings is 1. The zero-order valence-electron chi connectivity index (χ0n) is 27.2. The SMILES string of the molecule is CC1(C)OB(B2OC(C)(C)C(C)(c3cccc4c3oc3cc5ccc(B6OC(C)(C)C(C)(C)O6)cc5cc34)O2)OC1(C)C. The Hall–Kier alpha value is -2.33. The van der Waals surface area contributed by atoms with Gasteiger partial charge in [-0.1, -0.05) is 36.4 Å². The fraction of sp³-hybridized carbons (Fsp3) is 0.515. The first kappa shape index (κ1) is 29.4. The molecule has 0 spiro atoms. The highest BCUT2D eigenvalue weighted by Gasteiger charge is 2.65. The third kappa shape index (κ3) is 4.21. The lowest BCUT2D eigenvalue weighted by Crippen LogP contribution is -2.42. The van der Waals surface area contributed by atoms with Crippen molar-refractivity contribution >= 4 is 59.3 Å². The van der Waals surface area contributed by atoms with Crippen LogP contribution >= 0.6 is 0 Å². The van der Waals surface area contributed by atoms with E-state index in [2.05, 4.69) is 83.1 Å². The standard InChI is InChI=1S/C33H41B3O7/c1-28(2)29(3,4)39-34(38-28)22-16-15-20-19-26-24(18-21(20)17-22)23-13-12-14-25(27(23)37-26)33(11)32(9,10)42-36(43-33)35-40-30(5,6)31(7,8)41-35/h12-19H,1-11H3. The van der Waals surface area contributed by atoms with Gasteiger partial charge in [0, 0.05) is 16.3 Å². The molecular formula is C33H41B3O7. The monoisotopic (exact) mass is 582 g/mol. The van der Waals surface area contributed by atoms with Gasteiger partial charge in [-0.25, -0.2) is 0 Å². The van der Waals surface area contributed by atoms with Crippen molar-refractivity contribution < 1.29 is 32.3 Å². The molecule has 7 nitrogen and oxygen atoms in total. The molecule has 0 bridgehead atoms. The summed E-state index contributed by atoms with van der Waals surface area (Å²) in [5.41, 5.74) is 0.220. The Kier molecular flexibility index (Phi) is 6.08. The van der Waals surface area contributed by atoms with Crippen LogP contribution in [0.4, 0.5) is 0 Å². The molecule has 3 aliphatic heterocycles. The van der Waals surface area contributed by atoms with Crippen LogP contribution in [0.2, 0.25) is 0 Å². The third-order valence-corrected chi connectivity index (χ3v) is 10.9. The van der Waals surface area contributed by atoms with Crippen LogP contribution in [0.5, 0.6) is 0 Å². The Morgan fingerprint density at radius 2 is 1.09 bits per heavy atom. The molecule has 3 aliphatic rings. The van der Waals surface area contributed by atoms with E-state index >= 15 is 0 Å². The molecule has 1 atom stereocenters. The molecule has 10 heteroatoms. The molecule has 224 valence electrons. The molecule has 0 N–H and O–H groups in total. The molecule has 4 heterocycles. The van der Waals surface area contributed by atoms with Crippen molar-refractivity contribution in [1.82, 2.24) is 0 Å². The molecule has 7 rings (SSSR count). The van der Waals surface area contributed by atoms with E-state index in [9.17, 15) is 0 Å². The summed E-state index contributed by atoms with van der Waals surface area (Å²) in [6, 6.07) is 16.9. The summed E-state index contributed by atoms with van der Waals surface area (Å²) in [5.74, 6) is 0. The molecule has 3 aromatic carbocycles. The van der Waals surface area contributed by atoms with Crippen molar-refractivity contribution in [3.05, 3.63) is 54.1 Å². The van der Waals surface area contributed by atoms with E-state index in [0.29, 0.717) is 0 Å². The minimum atomic E-state index is -0.835. The minimum absolute atomic E-state index is 0.398. The van der Waals surface area contributed by atoms with Gasteiger partial charge >= 0.3 is 21.1 Å². The molecule has 3 fully saturated rings. The highest BCUT2D eigenvalue weighted by atomic mass is 16.7. The molecular weight excluding hydrogens is 541 g/mol. The third-order valence-electron chi connectivity index (χ3n) is 10.9. The zero-order chi connectivity index (χ0) is 31.0. The zero-order valence-corrected chi connectivity index (χ0v) is 27.2. The summed E-state index contributed by atoms with van der Waals surface area (Å²) in [6.45, 7) is 22.6. The second-order valence-electron chi connectivity index (χ2n) is 15.1. The lowest BCUT2D eigenvalue weighted by Gasteiger charge is -2.36. The average molecular weight is 582 g/mol. The van der Waals surface area contributed by atoms with E-state index in [4.69, 9.17) is 32.3 Å². The van der Waals surface area contributed by atoms with E-state index in [0.717, 1.165) is 43.7 Å². The van der Waals surface area contributed by atoms with Crippen LogP contribution in [0.3, 0.4) is 0 Å². The van der Waals surface area contributed by atoms with Gasteiger partial charge in [0.15, 0.2) is 0 Å². The number of hydrogen-bond donors (Lipinski definition) is 0. The van der Waals surface area contributed by atoms with Crippen molar-refractivity contribution in [3.63, 3.8) is 0 Å². The van der Waals surface area contributed by atoms with Gasteiger partial charge in [0.25, 0.3) is 0 Å². The van der Waals surface area contributed by atoms with Crippen LogP contribution < -0.4 is 5.46 Å². The highest BCUT2D eigenvalue weighted by Crippen LogP contribution is 2.50. The maximum Gasteiger partial charge on any atom is 0.494 e. The molecule has 3 saturated heterocycles. The summed E-state index contributed by atoms with van der Waals surface area (Å²) >= 11 is 0. The maximum atomic E-state index is 6.75. The first-order valence-corrected chi connectivity index (χ1v) is 15.3. The Bertz CT molecular complexity index is 1740.